The Morgan fingerprint density at radius 2 is 1.91 bits per heavy atom. The van der Waals surface area contributed by atoms with E-state index in [4.69, 9.17) is 21.1 Å². The number of rotatable bonds is 8. The predicted molar refractivity (Wildman–Crippen MR) is 135 cm³/mol. The van der Waals surface area contributed by atoms with Crippen LogP contribution in [-0.4, -0.2) is 19.6 Å². The van der Waals surface area contributed by atoms with Gasteiger partial charge in [-0.3, -0.25) is 4.79 Å². The molecule has 0 aliphatic heterocycles. The molecule has 0 unspecified atom stereocenters. The van der Waals surface area contributed by atoms with Crippen LogP contribution in [0.15, 0.2) is 70.7 Å². The molecule has 3 aromatic carbocycles. The van der Waals surface area contributed by atoms with Crippen molar-refractivity contribution in [1.82, 2.24) is 0 Å². The molecular formula is C26H22BrClN2O3. The molecule has 0 radical (unpaired) electrons. The molecule has 0 aliphatic carbocycles. The summed E-state index contributed by atoms with van der Waals surface area (Å²) in [6.07, 6.45) is 2.07. The Morgan fingerprint density at radius 3 is 2.55 bits per heavy atom. The first kappa shape index (κ1) is 24.4. The second-order valence-electron chi connectivity index (χ2n) is 7.03. The van der Waals surface area contributed by atoms with Gasteiger partial charge in [0.05, 0.1) is 13.7 Å². The van der Waals surface area contributed by atoms with Crippen molar-refractivity contribution in [3.63, 3.8) is 0 Å². The number of benzene rings is 3. The van der Waals surface area contributed by atoms with E-state index in [1.165, 1.54) is 6.08 Å². The van der Waals surface area contributed by atoms with Crippen molar-refractivity contribution in [3.05, 3.63) is 92.4 Å². The monoisotopic (exact) mass is 524 g/mol. The van der Waals surface area contributed by atoms with Gasteiger partial charge in [0, 0.05) is 27.2 Å². The quantitative estimate of drug-likeness (QED) is 0.264. The number of hydrogen-bond acceptors (Lipinski definition) is 4. The van der Waals surface area contributed by atoms with Crippen LogP contribution >= 0.6 is 27.5 Å². The largest absolute Gasteiger partial charge is 0.497 e. The number of carbonyl (C=O) groups excluding carboxylic acids is 1. The minimum absolute atomic E-state index is 0.0529. The van der Waals surface area contributed by atoms with Crippen molar-refractivity contribution in [2.45, 2.75) is 13.3 Å². The van der Waals surface area contributed by atoms with Gasteiger partial charge in [-0.05, 0) is 66.6 Å². The summed E-state index contributed by atoms with van der Waals surface area (Å²) in [7, 11) is 1.57. The molecule has 0 aliphatic rings. The highest BCUT2D eigenvalue weighted by Crippen LogP contribution is 2.33. The molecule has 168 valence electrons. The number of hydrogen-bond donors (Lipinski definition) is 1. The summed E-state index contributed by atoms with van der Waals surface area (Å²) in [5.74, 6) is 0.763. The minimum Gasteiger partial charge on any atom is -0.497 e. The van der Waals surface area contributed by atoms with Gasteiger partial charge in [0.25, 0.3) is 5.91 Å². The van der Waals surface area contributed by atoms with E-state index < -0.39 is 5.91 Å². The molecule has 0 saturated heterocycles. The van der Waals surface area contributed by atoms with Crippen LogP contribution in [0.4, 0.5) is 5.69 Å². The zero-order chi connectivity index (χ0) is 23.8. The highest BCUT2D eigenvalue weighted by Gasteiger charge is 2.15. The minimum atomic E-state index is -0.519. The molecule has 0 saturated carbocycles. The van der Waals surface area contributed by atoms with Crippen molar-refractivity contribution >= 4 is 45.2 Å². The van der Waals surface area contributed by atoms with Gasteiger partial charge in [0.15, 0.2) is 0 Å². The third-order valence-electron chi connectivity index (χ3n) is 4.83. The number of ether oxygens (including phenoxy) is 2. The lowest BCUT2D eigenvalue weighted by atomic mass is 10.0. The van der Waals surface area contributed by atoms with Crippen LogP contribution in [-0.2, 0) is 11.2 Å². The number of carbonyl (C=O) groups is 1. The Balaban J connectivity index is 1.89. The van der Waals surface area contributed by atoms with Crippen molar-refractivity contribution < 1.29 is 14.3 Å². The van der Waals surface area contributed by atoms with Crippen molar-refractivity contribution in [1.29, 1.82) is 5.26 Å². The summed E-state index contributed by atoms with van der Waals surface area (Å²) in [5.41, 5.74) is 3.01. The molecule has 1 N–H and O–H groups in total. The molecule has 1 amide bonds. The molecule has 0 fully saturated rings. The summed E-state index contributed by atoms with van der Waals surface area (Å²) < 4.78 is 11.9. The van der Waals surface area contributed by atoms with Crippen LogP contribution in [0.1, 0.15) is 23.6 Å². The van der Waals surface area contributed by atoms with E-state index in [0.29, 0.717) is 40.8 Å². The Kier molecular flexibility index (Phi) is 8.53. The Hall–Kier alpha value is -3.27. The SMILES string of the molecule is CCOc1cc(/C=C(\C#N)C(=O)Nc2ccc(OC)cc2)cc(Cl)c1Cc1ccccc1Br. The van der Waals surface area contributed by atoms with Gasteiger partial charge < -0.3 is 14.8 Å². The molecule has 0 spiro atoms. The molecule has 5 nitrogen and oxygen atoms in total. The van der Waals surface area contributed by atoms with E-state index in [1.807, 2.05) is 37.3 Å². The van der Waals surface area contributed by atoms with Crippen LogP contribution in [0, 0.1) is 11.3 Å². The fourth-order valence-corrected chi connectivity index (χ4v) is 3.90. The van der Waals surface area contributed by atoms with E-state index in [1.54, 1.807) is 43.5 Å². The van der Waals surface area contributed by atoms with Gasteiger partial charge in [0.2, 0.25) is 0 Å². The van der Waals surface area contributed by atoms with Gasteiger partial charge in [0.1, 0.15) is 23.1 Å². The maximum absolute atomic E-state index is 12.6. The standard InChI is InChI=1S/C26H22BrClN2O3/c1-3-33-25-14-17(13-24(28)22(25)15-18-6-4-5-7-23(18)27)12-19(16-29)26(31)30-20-8-10-21(32-2)11-9-20/h4-14H,3,15H2,1-2H3,(H,30,31)/b19-12+. The number of methoxy groups -OCH3 is 1. The molecule has 0 bridgehead atoms. The zero-order valence-electron chi connectivity index (χ0n) is 18.2. The molecule has 3 rings (SSSR count). The molecule has 0 heterocycles. The van der Waals surface area contributed by atoms with Crippen molar-refractivity contribution in [2.24, 2.45) is 0 Å². The number of nitrogens with zero attached hydrogens (tertiary/aromatic N) is 1. The number of nitrogens with one attached hydrogen (secondary N) is 1. The van der Waals surface area contributed by atoms with Crippen LogP contribution in [0.5, 0.6) is 11.5 Å². The van der Waals surface area contributed by atoms with Gasteiger partial charge in [-0.25, -0.2) is 0 Å². The molecule has 0 aromatic heterocycles. The number of nitriles is 1. The Labute approximate surface area is 206 Å². The second kappa shape index (κ2) is 11.6. The highest BCUT2D eigenvalue weighted by molar-refractivity contribution is 9.10. The van der Waals surface area contributed by atoms with Gasteiger partial charge in [-0.2, -0.15) is 5.26 Å². The lowest BCUT2D eigenvalue weighted by molar-refractivity contribution is -0.112. The number of amides is 1. The molecule has 7 heteroatoms. The van der Waals surface area contributed by atoms with E-state index in [9.17, 15) is 10.1 Å². The maximum atomic E-state index is 12.6. The Morgan fingerprint density at radius 1 is 1.18 bits per heavy atom. The summed E-state index contributed by atoms with van der Waals surface area (Å²) in [6, 6.07) is 20.2. The van der Waals surface area contributed by atoms with E-state index in [2.05, 4.69) is 21.2 Å². The molecule has 33 heavy (non-hydrogen) atoms. The number of halogens is 2. The summed E-state index contributed by atoms with van der Waals surface area (Å²) in [6.45, 7) is 2.34. The average molecular weight is 526 g/mol. The molecule has 3 aromatic rings. The van der Waals surface area contributed by atoms with Gasteiger partial charge in [-0.15, -0.1) is 0 Å². The van der Waals surface area contributed by atoms with Crippen LogP contribution in [0.25, 0.3) is 6.08 Å². The first-order valence-corrected chi connectivity index (χ1v) is 11.4. The van der Waals surface area contributed by atoms with Crippen LogP contribution in [0.3, 0.4) is 0 Å². The lowest BCUT2D eigenvalue weighted by Gasteiger charge is -2.14. The zero-order valence-corrected chi connectivity index (χ0v) is 20.5. The third-order valence-corrected chi connectivity index (χ3v) is 5.94. The lowest BCUT2D eigenvalue weighted by Crippen LogP contribution is -2.13. The van der Waals surface area contributed by atoms with Crippen molar-refractivity contribution in [2.75, 3.05) is 19.0 Å². The fraction of sp³-hybridized carbons (Fsp3) is 0.154. The average Bonchev–Trinajstić information content (AvgIpc) is 2.81. The summed E-state index contributed by atoms with van der Waals surface area (Å²) in [5, 5.41) is 12.8. The smallest absolute Gasteiger partial charge is 0.266 e. The van der Waals surface area contributed by atoms with Gasteiger partial charge in [-0.1, -0.05) is 45.7 Å². The Bertz CT molecular complexity index is 1220. The van der Waals surface area contributed by atoms with E-state index in [-0.39, 0.29) is 5.57 Å². The normalized spacial score (nSPS) is 10.9. The first-order valence-electron chi connectivity index (χ1n) is 10.2. The second-order valence-corrected chi connectivity index (χ2v) is 8.29. The maximum Gasteiger partial charge on any atom is 0.266 e. The fourth-order valence-electron chi connectivity index (χ4n) is 3.19. The molecular weight excluding hydrogens is 504 g/mol. The van der Waals surface area contributed by atoms with Crippen LogP contribution in [0.2, 0.25) is 5.02 Å². The van der Waals surface area contributed by atoms with Crippen LogP contribution < -0.4 is 14.8 Å². The van der Waals surface area contributed by atoms with E-state index in [0.717, 1.165) is 15.6 Å². The topological polar surface area (TPSA) is 71.3 Å². The summed E-state index contributed by atoms with van der Waals surface area (Å²) in [4.78, 5) is 12.6. The van der Waals surface area contributed by atoms with E-state index >= 15 is 0 Å². The highest BCUT2D eigenvalue weighted by atomic mass is 79.9. The first-order chi connectivity index (χ1) is 15.9. The summed E-state index contributed by atoms with van der Waals surface area (Å²) >= 11 is 10.2. The van der Waals surface area contributed by atoms with Crippen molar-refractivity contribution in [3.8, 4) is 17.6 Å². The molecule has 0 atom stereocenters. The third kappa shape index (κ3) is 6.38. The number of anilines is 1. The van der Waals surface area contributed by atoms with Gasteiger partial charge >= 0.3 is 0 Å². The predicted octanol–water partition coefficient (Wildman–Crippen LogP) is 6.65.